The molecule has 1 aromatic heterocycles. The quantitative estimate of drug-likeness (QED) is 0.147. The molecule has 35 heavy (non-hydrogen) atoms. The standard InChI is InChI=1S/C25H23N3O6S/c1-15-6-5-7-16(12-15)14-35-25-26-21-19(13-20(32-2)22(33-3)23(21)34-4)24(29)27(25)17-8-10-18(11-9-17)28(30)31/h5-13H,14H2,1-4H3. The Bertz CT molecular complexity index is 1470. The number of nitro benzene ring substituents is 1. The number of non-ortho nitro benzene ring substituents is 1. The fourth-order valence-electron chi connectivity index (χ4n) is 3.77. The molecule has 4 rings (SSSR count). The van der Waals surface area contributed by atoms with Crippen LogP contribution in [0.15, 0.2) is 64.5 Å². The summed E-state index contributed by atoms with van der Waals surface area (Å²) in [5.74, 6) is 1.50. The summed E-state index contributed by atoms with van der Waals surface area (Å²) in [6.45, 7) is 2.01. The number of methoxy groups -OCH3 is 3. The van der Waals surface area contributed by atoms with Gasteiger partial charge in [0.25, 0.3) is 11.2 Å². The molecule has 1 heterocycles. The molecule has 4 aromatic rings. The lowest BCUT2D eigenvalue weighted by molar-refractivity contribution is -0.384. The fraction of sp³-hybridized carbons (Fsp3) is 0.200. The summed E-state index contributed by atoms with van der Waals surface area (Å²) in [6, 6.07) is 15.4. The lowest BCUT2D eigenvalue weighted by atomic mass is 10.2. The Morgan fingerprint density at radius 2 is 1.71 bits per heavy atom. The van der Waals surface area contributed by atoms with Gasteiger partial charge in [0.15, 0.2) is 16.7 Å². The minimum absolute atomic E-state index is 0.0717. The predicted molar refractivity (Wildman–Crippen MR) is 134 cm³/mol. The highest BCUT2D eigenvalue weighted by atomic mass is 32.2. The van der Waals surface area contributed by atoms with Crippen LogP contribution in [0, 0.1) is 17.0 Å². The van der Waals surface area contributed by atoms with Crippen molar-refractivity contribution in [3.05, 3.63) is 86.2 Å². The predicted octanol–water partition coefficient (Wildman–Crippen LogP) is 4.92. The van der Waals surface area contributed by atoms with Crippen molar-refractivity contribution in [3.63, 3.8) is 0 Å². The van der Waals surface area contributed by atoms with E-state index in [1.54, 1.807) is 6.07 Å². The number of nitro groups is 1. The maximum atomic E-state index is 13.8. The zero-order valence-corrected chi connectivity index (χ0v) is 20.4. The van der Waals surface area contributed by atoms with Gasteiger partial charge in [0, 0.05) is 17.9 Å². The van der Waals surface area contributed by atoms with Crippen molar-refractivity contribution in [1.82, 2.24) is 9.55 Å². The van der Waals surface area contributed by atoms with E-state index in [0.717, 1.165) is 11.1 Å². The maximum absolute atomic E-state index is 13.8. The molecule has 0 atom stereocenters. The number of hydrogen-bond acceptors (Lipinski definition) is 8. The third kappa shape index (κ3) is 4.65. The van der Waals surface area contributed by atoms with E-state index in [1.807, 2.05) is 25.1 Å². The number of fused-ring (bicyclic) bond motifs is 1. The lowest BCUT2D eigenvalue weighted by Crippen LogP contribution is -2.22. The Labute approximate surface area is 205 Å². The van der Waals surface area contributed by atoms with Gasteiger partial charge < -0.3 is 14.2 Å². The van der Waals surface area contributed by atoms with Gasteiger partial charge in [-0.15, -0.1) is 0 Å². The molecule has 0 radical (unpaired) electrons. The fourth-order valence-corrected chi connectivity index (χ4v) is 4.71. The first-order valence-electron chi connectivity index (χ1n) is 10.6. The molecular formula is C25H23N3O6S. The lowest BCUT2D eigenvalue weighted by Gasteiger charge is -2.17. The summed E-state index contributed by atoms with van der Waals surface area (Å²) in [7, 11) is 4.43. The third-order valence-electron chi connectivity index (χ3n) is 5.41. The molecule has 0 saturated heterocycles. The Hall–Kier alpha value is -4.05. The summed E-state index contributed by atoms with van der Waals surface area (Å²) in [5.41, 5.74) is 2.54. The van der Waals surface area contributed by atoms with Crippen LogP contribution in [-0.4, -0.2) is 35.8 Å². The van der Waals surface area contributed by atoms with Crippen molar-refractivity contribution in [2.24, 2.45) is 0 Å². The molecule has 0 amide bonds. The van der Waals surface area contributed by atoms with E-state index in [4.69, 9.17) is 19.2 Å². The monoisotopic (exact) mass is 493 g/mol. The van der Waals surface area contributed by atoms with Gasteiger partial charge in [0.1, 0.15) is 5.52 Å². The average molecular weight is 494 g/mol. The van der Waals surface area contributed by atoms with Crippen LogP contribution in [0.3, 0.4) is 0 Å². The normalized spacial score (nSPS) is 10.9. The highest BCUT2D eigenvalue weighted by molar-refractivity contribution is 7.98. The number of nitrogens with zero attached hydrogens (tertiary/aromatic N) is 3. The summed E-state index contributed by atoms with van der Waals surface area (Å²) >= 11 is 1.38. The van der Waals surface area contributed by atoms with Gasteiger partial charge in [-0.1, -0.05) is 41.6 Å². The van der Waals surface area contributed by atoms with Crippen molar-refractivity contribution < 1.29 is 19.1 Å². The molecule has 0 saturated carbocycles. The van der Waals surface area contributed by atoms with Crippen LogP contribution in [0.5, 0.6) is 17.2 Å². The van der Waals surface area contributed by atoms with Gasteiger partial charge in [-0.3, -0.25) is 19.5 Å². The molecule has 0 fully saturated rings. The molecule has 0 aliphatic heterocycles. The summed E-state index contributed by atoms with van der Waals surface area (Å²) < 4.78 is 17.9. The number of hydrogen-bond donors (Lipinski definition) is 0. The molecular weight excluding hydrogens is 470 g/mol. The van der Waals surface area contributed by atoms with Gasteiger partial charge in [0.2, 0.25) is 5.75 Å². The van der Waals surface area contributed by atoms with Gasteiger partial charge in [-0.2, -0.15) is 0 Å². The van der Waals surface area contributed by atoms with Crippen molar-refractivity contribution in [2.75, 3.05) is 21.3 Å². The van der Waals surface area contributed by atoms with Gasteiger partial charge in [0.05, 0.1) is 37.3 Å². The first kappa shape index (κ1) is 24.1. The molecule has 0 N–H and O–H groups in total. The third-order valence-corrected chi connectivity index (χ3v) is 6.41. The van der Waals surface area contributed by atoms with Gasteiger partial charge >= 0.3 is 0 Å². The number of aryl methyl sites for hydroxylation is 1. The summed E-state index contributed by atoms with van der Waals surface area (Å²) in [4.78, 5) is 29.2. The van der Waals surface area contributed by atoms with E-state index < -0.39 is 4.92 Å². The van der Waals surface area contributed by atoms with Crippen LogP contribution in [-0.2, 0) is 5.75 Å². The Balaban J connectivity index is 1.96. The van der Waals surface area contributed by atoms with Crippen LogP contribution in [0.25, 0.3) is 16.6 Å². The number of rotatable bonds is 8. The molecule has 3 aromatic carbocycles. The topological polar surface area (TPSA) is 106 Å². The van der Waals surface area contributed by atoms with E-state index in [1.165, 1.54) is 61.9 Å². The van der Waals surface area contributed by atoms with Crippen LogP contribution >= 0.6 is 11.8 Å². The van der Waals surface area contributed by atoms with Crippen LogP contribution in [0.1, 0.15) is 11.1 Å². The molecule has 0 aliphatic rings. The van der Waals surface area contributed by atoms with E-state index in [9.17, 15) is 14.9 Å². The SMILES string of the molecule is COc1cc2c(=O)n(-c3ccc([N+](=O)[O-])cc3)c(SCc3cccc(C)c3)nc2c(OC)c1OC. The Morgan fingerprint density at radius 1 is 1.00 bits per heavy atom. The average Bonchev–Trinajstić information content (AvgIpc) is 2.86. The summed E-state index contributed by atoms with van der Waals surface area (Å²) in [5, 5.41) is 11.8. The molecule has 0 bridgehead atoms. The van der Waals surface area contributed by atoms with Crippen molar-refractivity contribution in [2.45, 2.75) is 17.8 Å². The molecule has 9 nitrogen and oxygen atoms in total. The highest BCUT2D eigenvalue weighted by Crippen LogP contribution is 2.42. The van der Waals surface area contributed by atoms with Gasteiger partial charge in [-0.05, 0) is 30.7 Å². The highest BCUT2D eigenvalue weighted by Gasteiger charge is 2.23. The molecule has 10 heteroatoms. The number of aromatic nitrogens is 2. The smallest absolute Gasteiger partial charge is 0.269 e. The second-order valence-electron chi connectivity index (χ2n) is 7.63. The number of benzene rings is 3. The Kier molecular flexibility index (Phi) is 6.92. The molecule has 0 aliphatic carbocycles. The first-order valence-corrected chi connectivity index (χ1v) is 11.6. The second-order valence-corrected chi connectivity index (χ2v) is 8.57. The maximum Gasteiger partial charge on any atom is 0.269 e. The molecule has 0 unspecified atom stereocenters. The minimum atomic E-state index is -0.486. The van der Waals surface area contributed by atoms with Gasteiger partial charge in [-0.25, -0.2) is 4.98 Å². The summed E-state index contributed by atoms with van der Waals surface area (Å²) in [6.07, 6.45) is 0. The van der Waals surface area contributed by atoms with Crippen molar-refractivity contribution in [1.29, 1.82) is 0 Å². The van der Waals surface area contributed by atoms with Crippen LogP contribution < -0.4 is 19.8 Å². The molecule has 0 spiro atoms. The van der Waals surface area contributed by atoms with Crippen LogP contribution in [0.4, 0.5) is 5.69 Å². The Morgan fingerprint density at radius 3 is 2.31 bits per heavy atom. The number of ether oxygens (including phenoxy) is 3. The van der Waals surface area contributed by atoms with E-state index in [-0.39, 0.29) is 22.4 Å². The second kappa shape index (κ2) is 10.1. The van der Waals surface area contributed by atoms with E-state index >= 15 is 0 Å². The van der Waals surface area contributed by atoms with Crippen molar-refractivity contribution >= 4 is 28.4 Å². The zero-order chi connectivity index (χ0) is 25.1. The van der Waals surface area contributed by atoms with E-state index in [2.05, 4.69) is 6.07 Å². The minimum Gasteiger partial charge on any atom is -0.493 e. The van der Waals surface area contributed by atoms with Crippen LogP contribution in [0.2, 0.25) is 0 Å². The largest absolute Gasteiger partial charge is 0.493 e. The number of thioether (sulfide) groups is 1. The van der Waals surface area contributed by atoms with Crippen molar-refractivity contribution in [3.8, 4) is 22.9 Å². The molecule has 180 valence electrons. The first-order chi connectivity index (χ1) is 16.9. The van der Waals surface area contributed by atoms with E-state index in [0.29, 0.717) is 33.6 Å². The zero-order valence-electron chi connectivity index (χ0n) is 19.6.